The maximum Gasteiger partial charge on any atom is 0.338 e. The van der Waals surface area contributed by atoms with Crippen LogP contribution in [0.2, 0.25) is 5.02 Å². The molecule has 210 valence electrons. The number of esters is 1. The molecule has 2 atom stereocenters. The summed E-state index contributed by atoms with van der Waals surface area (Å²) in [5.74, 6) is -0.615. The van der Waals surface area contributed by atoms with Gasteiger partial charge in [-0.15, -0.1) is 0 Å². The molecule has 1 saturated heterocycles. The SMILES string of the molecule is CCOC(=O)c1ccc(NC(=O)N[C@@H](Cc2ccc(O)cc2)C(=O)NC2CCN(Cc3ccc(Cl)cc3)C2)cc1. The van der Waals surface area contributed by atoms with Crippen LogP contribution in [-0.4, -0.2) is 59.7 Å². The summed E-state index contributed by atoms with van der Waals surface area (Å²) in [6.45, 7) is 4.29. The third-order valence-corrected chi connectivity index (χ3v) is 6.84. The van der Waals surface area contributed by atoms with Gasteiger partial charge < -0.3 is 25.8 Å². The van der Waals surface area contributed by atoms with Crippen LogP contribution in [0, 0.1) is 0 Å². The number of halogens is 1. The zero-order valence-corrected chi connectivity index (χ0v) is 23.0. The van der Waals surface area contributed by atoms with E-state index in [4.69, 9.17) is 16.3 Å². The van der Waals surface area contributed by atoms with Gasteiger partial charge in [0.25, 0.3) is 0 Å². The number of nitrogens with zero attached hydrogens (tertiary/aromatic N) is 1. The summed E-state index contributed by atoms with van der Waals surface area (Å²) in [4.78, 5) is 40.3. The van der Waals surface area contributed by atoms with Crippen molar-refractivity contribution in [2.45, 2.75) is 38.4 Å². The highest BCUT2D eigenvalue weighted by Gasteiger charge is 2.28. The van der Waals surface area contributed by atoms with Gasteiger partial charge in [-0.05, 0) is 73.0 Å². The molecule has 0 aliphatic carbocycles. The number of urea groups is 1. The Bertz CT molecular complexity index is 1300. The van der Waals surface area contributed by atoms with Crippen LogP contribution in [0.4, 0.5) is 10.5 Å². The van der Waals surface area contributed by atoms with Crippen LogP contribution in [0.25, 0.3) is 0 Å². The van der Waals surface area contributed by atoms with Gasteiger partial charge in [0.1, 0.15) is 11.8 Å². The Kier molecular flexibility index (Phi) is 9.99. The molecular weight excluding hydrogens is 532 g/mol. The van der Waals surface area contributed by atoms with Crippen molar-refractivity contribution in [2.75, 3.05) is 25.0 Å². The number of anilines is 1. The van der Waals surface area contributed by atoms with Crippen molar-refractivity contribution in [3.05, 3.63) is 94.5 Å². The van der Waals surface area contributed by atoms with E-state index in [0.717, 1.165) is 30.6 Å². The topological polar surface area (TPSA) is 120 Å². The monoisotopic (exact) mass is 564 g/mol. The number of aromatic hydroxyl groups is 1. The second-order valence-electron chi connectivity index (χ2n) is 9.68. The third-order valence-electron chi connectivity index (χ3n) is 6.59. The normalized spacial score (nSPS) is 15.7. The minimum absolute atomic E-state index is 0.0533. The van der Waals surface area contributed by atoms with Gasteiger partial charge in [0, 0.05) is 42.8 Å². The molecule has 40 heavy (non-hydrogen) atoms. The molecule has 3 aromatic carbocycles. The van der Waals surface area contributed by atoms with Crippen molar-refractivity contribution in [3.63, 3.8) is 0 Å². The van der Waals surface area contributed by atoms with Gasteiger partial charge >= 0.3 is 12.0 Å². The van der Waals surface area contributed by atoms with E-state index in [0.29, 0.717) is 22.8 Å². The largest absolute Gasteiger partial charge is 0.508 e. The number of carbonyl (C=O) groups is 3. The van der Waals surface area contributed by atoms with Crippen LogP contribution in [0.15, 0.2) is 72.8 Å². The lowest BCUT2D eigenvalue weighted by molar-refractivity contribution is -0.123. The Hall–Kier alpha value is -4.08. The lowest BCUT2D eigenvalue weighted by Crippen LogP contribution is -2.52. The number of carbonyl (C=O) groups excluding carboxylic acids is 3. The zero-order valence-electron chi connectivity index (χ0n) is 22.2. The third kappa shape index (κ3) is 8.46. The fourth-order valence-corrected chi connectivity index (χ4v) is 4.68. The Morgan fingerprint density at radius 2 is 1.68 bits per heavy atom. The summed E-state index contributed by atoms with van der Waals surface area (Å²) >= 11 is 5.99. The molecule has 0 saturated carbocycles. The highest BCUT2D eigenvalue weighted by atomic mass is 35.5. The molecule has 0 spiro atoms. The fraction of sp³-hybridized carbons (Fsp3) is 0.300. The summed E-state index contributed by atoms with van der Waals surface area (Å²) < 4.78 is 4.98. The van der Waals surface area contributed by atoms with E-state index in [9.17, 15) is 19.5 Å². The molecule has 1 heterocycles. The standard InChI is InChI=1S/C30H33ClN4O5/c1-2-40-29(38)22-7-11-24(12-8-22)33-30(39)34-27(17-20-5-13-26(36)14-6-20)28(37)32-25-15-16-35(19-25)18-21-3-9-23(31)10-4-21/h3-14,25,27,36H,2,15-19H2,1H3,(H,32,37)(H2,33,34,39)/t25?,27-/m0/s1. The van der Waals surface area contributed by atoms with E-state index in [1.165, 1.54) is 0 Å². The summed E-state index contributed by atoms with van der Waals surface area (Å²) in [5.41, 5.74) is 2.77. The quantitative estimate of drug-likeness (QED) is 0.272. The van der Waals surface area contributed by atoms with Gasteiger partial charge in [0.05, 0.1) is 12.2 Å². The Balaban J connectivity index is 1.37. The predicted octanol–water partition coefficient (Wildman–Crippen LogP) is 4.35. The average molecular weight is 565 g/mol. The van der Waals surface area contributed by atoms with E-state index >= 15 is 0 Å². The Morgan fingerprint density at radius 3 is 2.35 bits per heavy atom. The molecule has 3 amide bonds. The molecule has 0 bridgehead atoms. The summed E-state index contributed by atoms with van der Waals surface area (Å²) in [6.07, 6.45) is 1.03. The first kappa shape index (κ1) is 28.9. The number of likely N-dealkylation sites (tertiary alicyclic amines) is 1. The van der Waals surface area contributed by atoms with Crippen LogP contribution < -0.4 is 16.0 Å². The number of rotatable bonds is 10. The lowest BCUT2D eigenvalue weighted by Gasteiger charge is -2.22. The number of nitrogens with one attached hydrogen (secondary N) is 3. The number of ether oxygens (including phenoxy) is 1. The molecule has 1 fully saturated rings. The molecule has 0 aromatic heterocycles. The Morgan fingerprint density at radius 1 is 1.00 bits per heavy atom. The van der Waals surface area contributed by atoms with Gasteiger partial charge in [-0.2, -0.15) is 0 Å². The Labute approximate surface area is 238 Å². The average Bonchev–Trinajstić information content (AvgIpc) is 3.37. The molecule has 9 nitrogen and oxygen atoms in total. The smallest absolute Gasteiger partial charge is 0.338 e. The predicted molar refractivity (Wildman–Crippen MR) is 153 cm³/mol. The van der Waals surface area contributed by atoms with Gasteiger partial charge in [0.2, 0.25) is 5.91 Å². The van der Waals surface area contributed by atoms with Crippen molar-refractivity contribution in [1.82, 2.24) is 15.5 Å². The van der Waals surface area contributed by atoms with Gasteiger partial charge in [-0.25, -0.2) is 9.59 Å². The first-order valence-electron chi connectivity index (χ1n) is 13.2. The maximum atomic E-state index is 13.4. The van der Waals surface area contributed by atoms with Crippen LogP contribution in [0.3, 0.4) is 0 Å². The highest BCUT2D eigenvalue weighted by Crippen LogP contribution is 2.17. The molecular formula is C30H33ClN4O5. The molecule has 1 unspecified atom stereocenters. The van der Waals surface area contributed by atoms with Crippen molar-refractivity contribution >= 4 is 35.2 Å². The number of phenols is 1. The van der Waals surface area contributed by atoms with E-state index in [1.807, 2.05) is 24.3 Å². The van der Waals surface area contributed by atoms with Crippen LogP contribution >= 0.6 is 11.6 Å². The van der Waals surface area contributed by atoms with E-state index in [-0.39, 0.29) is 30.7 Å². The van der Waals surface area contributed by atoms with Crippen molar-refractivity contribution in [2.24, 2.45) is 0 Å². The molecule has 4 rings (SSSR count). The number of benzene rings is 3. The minimum atomic E-state index is -0.853. The van der Waals surface area contributed by atoms with Crippen molar-refractivity contribution in [1.29, 1.82) is 0 Å². The van der Waals surface area contributed by atoms with E-state index in [2.05, 4.69) is 20.9 Å². The first-order valence-corrected chi connectivity index (χ1v) is 13.6. The number of hydrogen-bond acceptors (Lipinski definition) is 6. The minimum Gasteiger partial charge on any atom is -0.508 e. The van der Waals surface area contributed by atoms with Crippen LogP contribution in [0.5, 0.6) is 5.75 Å². The molecule has 10 heteroatoms. The van der Waals surface area contributed by atoms with Gasteiger partial charge in [-0.1, -0.05) is 35.9 Å². The summed E-state index contributed by atoms with van der Waals surface area (Å²) in [5, 5.41) is 18.9. The number of amides is 3. The lowest BCUT2D eigenvalue weighted by atomic mass is 10.0. The molecule has 1 aliphatic heterocycles. The molecule has 3 aromatic rings. The van der Waals surface area contributed by atoms with Gasteiger partial charge in [-0.3, -0.25) is 9.69 Å². The van der Waals surface area contributed by atoms with Gasteiger partial charge in [0.15, 0.2) is 0 Å². The molecule has 4 N–H and O–H groups in total. The van der Waals surface area contributed by atoms with Crippen LogP contribution in [-0.2, 0) is 22.5 Å². The van der Waals surface area contributed by atoms with Crippen LogP contribution in [0.1, 0.15) is 34.8 Å². The number of hydrogen-bond donors (Lipinski definition) is 4. The maximum absolute atomic E-state index is 13.4. The molecule has 0 radical (unpaired) electrons. The van der Waals surface area contributed by atoms with E-state index < -0.39 is 18.0 Å². The van der Waals surface area contributed by atoms with Crippen molar-refractivity contribution < 1.29 is 24.2 Å². The number of phenolic OH excluding ortho intramolecular Hbond substituents is 1. The highest BCUT2D eigenvalue weighted by molar-refractivity contribution is 6.30. The first-order chi connectivity index (χ1) is 19.3. The van der Waals surface area contributed by atoms with E-state index in [1.54, 1.807) is 55.5 Å². The summed E-state index contributed by atoms with van der Waals surface area (Å²) in [6, 6.07) is 19.1. The summed E-state index contributed by atoms with van der Waals surface area (Å²) in [7, 11) is 0. The second kappa shape index (κ2) is 13.8. The van der Waals surface area contributed by atoms with Crippen molar-refractivity contribution in [3.8, 4) is 5.75 Å². The molecule has 1 aliphatic rings. The fourth-order valence-electron chi connectivity index (χ4n) is 4.55. The zero-order chi connectivity index (χ0) is 28.5. The second-order valence-corrected chi connectivity index (χ2v) is 10.1.